The number of hydrogen-bond acceptors (Lipinski definition) is 2. The van der Waals surface area contributed by atoms with Gasteiger partial charge in [0.25, 0.3) is 0 Å². The Morgan fingerprint density at radius 2 is 2.22 bits per heavy atom. The summed E-state index contributed by atoms with van der Waals surface area (Å²) in [5, 5.41) is 7.35. The molecule has 2 aromatic rings. The standard InChI is InChI=1S/C14H17N3O/c18-14(13-3-1-2-7-15-13)17-11-4-5-12-10(9-11)6-8-16-12/h4-6,8-9,13,15-16H,1-3,7H2,(H,17,18)/t13-/m1/s1. The highest BCUT2D eigenvalue weighted by Gasteiger charge is 2.20. The number of piperidine rings is 1. The Morgan fingerprint density at radius 1 is 1.28 bits per heavy atom. The summed E-state index contributed by atoms with van der Waals surface area (Å²) in [6, 6.07) is 7.87. The van der Waals surface area contributed by atoms with Gasteiger partial charge in [0, 0.05) is 22.8 Å². The molecule has 0 unspecified atom stereocenters. The van der Waals surface area contributed by atoms with Crippen LogP contribution in [0.5, 0.6) is 0 Å². The second-order valence-electron chi connectivity index (χ2n) is 4.77. The van der Waals surface area contributed by atoms with Gasteiger partial charge in [-0.15, -0.1) is 0 Å². The number of amides is 1. The van der Waals surface area contributed by atoms with Crippen molar-refractivity contribution in [2.24, 2.45) is 0 Å². The van der Waals surface area contributed by atoms with Gasteiger partial charge in [0.1, 0.15) is 0 Å². The number of aromatic amines is 1. The Labute approximate surface area is 106 Å². The number of aromatic nitrogens is 1. The zero-order valence-electron chi connectivity index (χ0n) is 10.2. The maximum absolute atomic E-state index is 12.1. The summed E-state index contributed by atoms with van der Waals surface area (Å²) >= 11 is 0. The summed E-state index contributed by atoms with van der Waals surface area (Å²) in [7, 11) is 0. The number of H-pyrrole nitrogens is 1. The maximum atomic E-state index is 12.1. The molecule has 18 heavy (non-hydrogen) atoms. The van der Waals surface area contributed by atoms with Gasteiger partial charge in [0.15, 0.2) is 0 Å². The van der Waals surface area contributed by atoms with Crippen molar-refractivity contribution in [3.05, 3.63) is 30.5 Å². The first-order valence-electron chi connectivity index (χ1n) is 6.44. The average molecular weight is 243 g/mol. The van der Waals surface area contributed by atoms with E-state index >= 15 is 0 Å². The van der Waals surface area contributed by atoms with Crippen LogP contribution < -0.4 is 10.6 Å². The number of nitrogens with one attached hydrogen (secondary N) is 3. The molecule has 1 atom stereocenters. The number of anilines is 1. The van der Waals surface area contributed by atoms with Crippen molar-refractivity contribution < 1.29 is 4.79 Å². The van der Waals surface area contributed by atoms with Crippen molar-refractivity contribution in [3.8, 4) is 0 Å². The second kappa shape index (κ2) is 4.82. The molecular formula is C14H17N3O. The molecule has 1 amide bonds. The van der Waals surface area contributed by atoms with Gasteiger partial charge in [-0.25, -0.2) is 0 Å². The first-order valence-corrected chi connectivity index (χ1v) is 6.44. The Balaban J connectivity index is 1.72. The van der Waals surface area contributed by atoms with E-state index in [-0.39, 0.29) is 11.9 Å². The molecule has 3 N–H and O–H groups in total. The highest BCUT2D eigenvalue weighted by Crippen LogP contribution is 2.18. The molecule has 3 rings (SSSR count). The Kier molecular flexibility index (Phi) is 3.02. The summed E-state index contributed by atoms with van der Waals surface area (Å²) < 4.78 is 0. The van der Waals surface area contributed by atoms with Gasteiger partial charge >= 0.3 is 0 Å². The minimum absolute atomic E-state index is 0.0410. The van der Waals surface area contributed by atoms with Crippen LogP contribution in [0.3, 0.4) is 0 Å². The van der Waals surface area contributed by atoms with Crippen LogP contribution in [0.4, 0.5) is 5.69 Å². The third-order valence-corrected chi connectivity index (χ3v) is 3.45. The van der Waals surface area contributed by atoms with Crippen LogP contribution in [0, 0.1) is 0 Å². The lowest BCUT2D eigenvalue weighted by atomic mass is 10.0. The number of rotatable bonds is 2. The topological polar surface area (TPSA) is 56.9 Å². The van der Waals surface area contributed by atoms with E-state index in [4.69, 9.17) is 0 Å². The maximum Gasteiger partial charge on any atom is 0.241 e. The molecule has 0 radical (unpaired) electrons. The number of carbonyl (C=O) groups excluding carboxylic acids is 1. The lowest BCUT2D eigenvalue weighted by molar-refractivity contribution is -0.118. The zero-order chi connectivity index (χ0) is 12.4. The Bertz CT molecular complexity index is 555. The van der Waals surface area contributed by atoms with Crippen LogP contribution in [-0.2, 0) is 4.79 Å². The molecule has 1 aliphatic heterocycles. The number of benzene rings is 1. The van der Waals surface area contributed by atoms with E-state index in [9.17, 15) is 4.79 Å². The summed E-state index contributed by atoms with van der Waals surface area (Å²) in [5.41, 5.74) is 1.95. The van der Waals surface area contributed by atoms with Crippen LogP contribution in [0.1, 0.15) is 19.3 Å². The predicted molar refractivity (Wildman–Crippen MR) is 72.6 cm³/mol. The first kappa shape index (κ1) is 11.3. The second-order valence-corrected chi connectivity index (χ2v) is 4.77. The summed E-state index contributed by atoms with van der Waals surface area (Å²) in [5.74, 6) is 0.0737. The molecule has 4 nitrogen and oxygen atoms in total. The van der Waals surface area contributed by atoms with E-state index in [2.05, 4.69) is 15.6 Å². The molecule has 1 fully saturated rings. The van der Waals surface area contributed by atoms with Gasteiger partial charge in [-0.05, 0) is 43.7 Å². The van der Waals surface area contributed by atoms with Crippen molar-refractivity contribution in [1.29, 1.82) is 0 Å². The molecule has 1 aliphatic rings. The van der Waals surface area contributed by atoms with Crippen LogP contribution in [0.25, 0.3) is 10.9 Å². The van der Waals surface area contributed by atoms with Crippen LogP contribution in [0.15, 0.2) is 30.5 Å². The predicted octanol–water partition coefficient (Wildman–Crippen LogP) is 2.25. The summed E-state index contributed by atoms with van der Waals surface area (Å²) in [6.45, 7) is 0.939. The molecule has 0 bridgehead atoms. The normalized spacial score (nSPS) is 19.9. The van der Waals surface area contributed by atoms with Crippen molar-refractivity contribution in [2.75, 3.05) is 11.9 Å². The van der Waals surface area contributed by atoms with E-state index in [0.29, 0.717) is 0 Å². The molecule has 0 aliphatic carbocycles. The van der Waals surface area contributed by atoms with E-state index in [0.717, 1.165) is 36.0 Å². The van der Waals surface area contributed by atoms with Crippen LogP contribution >= 0.6 is 0 Å². The van der Waals surface area contributed by atoms with E-state index < -0.39 is 0 Å². The van der Waals surface area contributed by atoms with Crippen molar-refractivity contribution >= 4 is 22.5 Å². The molecule has 0 spiro atoms. The molecule has 4 heteroatoms. The molecule has 94 valence electrons. The fourth-order valence-electron chi connectivity index (χ4n) is 2.44. The average Bonchev–Trinajstić information content (AvgIpc) is 2.87. The smallest absolute Gasteiger partial charge is 0.241 e. The molecule has 2 heterocycles. The monoisotopic (exact) mass is 243 g/mol. The molecule has 1 aromatic carbocycles. The number of hydrogen-bond donors (Lipinski definition) is 3. The van der Waals surface area contributed by atoms with Crippen LogP contribution in [-0.4, -0.2) is 23.5 Å². The van der Waals surface area contributed by atoms with Gasteiger partial charge in [0.05, 0.1) is 6.04 Å². The zero-order valence-corrected chi connectivity index (χ0v) is 10.2. The van der Waals surface area contributed by atoms with E-state index in [1.807, 2.05) is 30.5 Å². The van der Waals surface area contributed by atoms with E-state index in [1.54, 1.807) is 0 Å². The lowest BCUT2D eigenvalue weighted by Crippen LogP contribution is -2.43. The van der Waals surface area contributed by atoms with Gasteiger partial charge in [-0.3, -0.25) is 4.79 Å². The summed E-state index contributed by atoms with van der Waals surface area (Å²) in [6.07, 6.45) is 5.12. The fourth-order valence-corrected chi connectivity index (χ4v) is 2.44. The third-order valence-electron chi connectivity index (χ3n) is 3.45. The van der Waals surface area contributed by atoms with Gasteiger partial charge in [0.2, 0.25) is 5.91 Å². The Hall–Kier alpha value is -1.81. The van der Waals surface area contributed by atoms with Crippen molar-refractivity contribution in [3.63, 3.8) is 0 Å². The molecular weight excluding hydrogens is 226 g/mol. The van der Waals surface area contributed by atoms with Gasteiger partial charge in [-0.2, -0.15) is 0 Å². The van der Waals surface area contributed by atoms with E-state index in [1.165, 1.54) is 6.42 Å². The largest absolute Gasteiger partial charge is 0.361 e. The highest BCUT2D eigenvalue weighted by atomic mass is 16.2. The molecule has 0 saturated carbocycles. The minimum Gasteiger partial charge on any atom is -0.361 e. The van der Waals surface area contributed by atoms with Gasteiger partial charge < -0.3 is 15.6 Å². The minimum atomic E-state index is -0.0410. The van der Waals surface area contributed by atoms with Crippen molar-refractivity contribution in [2.45, 2.75) is 25.3 Å². The van der Waals surface area contributed by atoms with Crippen molar-refractivity contribution in [1.82, 2.24) is 10.3 Å². The van der Waals surface area contributed by atoms with Crippen LogP contribution in [0.2, 0.25) is 0 Å². The third kappa shape index (κ3) is 2.24. The van der Waals surface area contributed by atoms with Gasteiger partial charge in [-0.1, -0.05) is 6.42 Å². The quantitative estimate of drug-likeness (QED) is 0.757. The highest BCUT2D eigenvalue weighted by molar-refractivity contribution is 5.96. The SMILES string of the molecule is O=C(Nc1ccc2[nH]ccc2c1)[C@H]1CCCCN1. The summed E-state index contributed by atoms with van der Waals surface area (Å²) in [4.78, 5) is 15.2. The Morgan fingerprint density at radius 3 is 3.06 bits per heavy atom. The fraction of sp³-hybridized carbons (Fsp3) is 0.357. The number of carbonyl (C=O) groups is 1. The molecule has 1 aromatic heterocycles. The number of fused-ring (bicyclic) bond motifs is 1. The molecule has 1 saturated heterocycles. The first-order chi connectivity index (χ1) is 8.83. The lowest BCUT2D eigenvalue weighted by Gasteiger charge is -2.22.